The fourth-order valence-electron chi connectivity index (χ4n) is 1.94. The van der Waals surface area contributed by atoms with E-state index >= 15 is 0 Å². The van der Waals surface area contributed by atoms with Gasteiger partial charge in [0, 0.05) is 19.7 Å². The van der Waals surface area contributed by atoms with Gasteiger partial charge in [-0.3, -0.25) is 0 Å². The van der Waals surface area contributed by atoms with E-state index in [0.717, 1.165) is 24.7 Å². The molecule has 0 aliphatic rings. The second-order valence-electron chi connectivity index (χ2n) is 4.95. The van der Waals surface area contributed by atoms with Gasteiger partial charge < -0.3 is 10.0 Å². The van der Waals surface area contributed by atoms with E-state index in [4.69, 9.17) is 5.11 Å². The smallest absolute Gasteiger partial charge is 0.328 e. The number of nitriles is 1. The van der Waals surface area contributed by atoms with Crippen molar-refractivity contribution >= 4 is 17.7 Å². The highest BCUT2D eigenvalue weighted by Gasteiger charge is 2.10. The Balaban J connectivity index is 2.99. The average Bonchev–Trinajstić information content (AvgIpc) is 2.44. The van der Waals surface area contributed by atoms with Crippen LogP contribution in [0.2, 0.25) is 0 Å². The van der Waals surface area contributed by atoms with Crippen molar-refractivity contribution in [3.05, 3.63) is 35.4 Å². The molecule has 1 rings (SSSR count). The van der Waals surface area contributed by atoms with Gasteiger partial charge in [-0.05, 0) is 29.7 Å². The Morgan fingerprint density at radius 1 is 1.55 bits per heavy atom. The van der Waals surface area contributed by atoms with Crippen molar-refractivity contribution in [2.24, 2.45) is 5.92 Å². The first-order chi connectivity index (χ1) is 9.47. The lowest BCUT2D eigenvalue weighted by Crippen LogP contribution is -2.24. The molecule has 0 radical (unpaired) electrons. The minimum atomic E-state index is -0.999. The van der Waals surface area contributed by atoms with Crippen molar-refractivity contribution in [1.82, 2.24) is 0 Å². The second-order valence-corrected chi connectivity index (χ2v) is 4.95. The molecule has 0 spiro atoms. The van der Waals surface area contributed by atoms with Crippen molar-refractivity contribution in [1.29, 1.82) is 5.26 Å². The van der Waals surface area contributed by atoms with Crippen LogP contribution in [0.3, 0.4) is 0 Å². The molecule has 0 aliphatic heterocycles. The van der Waals surface area contributed by atoms with Gasteiger partial charge in [0.2, 0.25) is 0 Å². The molecule has 20 heavy (non-hydrogen) atoms. The molecular formula is C16H20N2O2. The lowest BCUT2D eigenvalue weighted by molar-refractivity contribution is -0.131. The molecule has 4 nitrogen and oxygen atoms in total. The molecule has 1 N–H and O–H groups in total. The third-order valence-electron chi connectivity index (χ3n) is 3.25. The Hall–Kier alpha value is -2.28. The summed E-state index contributed by atoms with van der Waals surface area (Å²) in [6, 6.07) is 7.57. The molecule has 0 saturated heterocycles. The summed E-state index contributed by atoms with van der Waals surface area (Å²) >= 11 is 0. The first-order valence-corrected chi connectivity index (χ1v) is 6.64. The average molecular weight is 272 g/mol. The summed E-state index contributed by atoms with van der Waals surface area (Å²) in [5.41, 5.74) is 2.15. The van der Waals surface area contributed by atoms with Crippen LogP contribution in [-0.2, 0) is 4.79 Å². The molecule has 0 amide bonds. The molecule has 0 bridgehead atoms. The maximum absolute atomic E-state index is 10.5. The van der Waals surface area contributed by atoms with Crippen LogP contribution in [0.15, 0.2) is 24.3 Å². The zero-order chi connectivity index (χ0) is 15.1. The second kappa shape index (κ2) is 7.34. The highest BCUT2D eigenvalue weighted by atomic mass is 16.4. The van der Waals surface area contributed by atoms with E-state index in [-0.39, 0.29) is 0 Å². The molecule has 0 saturated carbocycles. The summed E-state index contributed by atoms with van der Waals surface area (Å²) in [5.74, 6) is -0.445. The van der Waals surface area contributed by atoms with Crippen LogP contribution < -0.4 is 4.90 Å². The van der Waals surface area contributed by atoms with Crippen LogP contribution in [0.5, 0.6) is 0 Å². The molecule has 1 aromatic carbocycles. The van der Waals surface area contributed by atoms with E-state index in [1.165, 1.54) is 6.08 Å². The van der Waals surface area contributed by atoms with Crippen LogP contribution in [-0.4, -0.2) is 24.7 Å². The molecule has 1 atom stereocenters. The lowest BCUT2D eigenvalue weighted by atomic mass is 10.1. The summed E-state index contributed by atoms with van der Waals surface area (Å²) in [6.07, 6.45) is 3.65. The Kier molecular flexibility index (Phi) is 5.79. The third kappa shape index (κ3) is 4.43. The van der Waals surface area contributed by atoms with Gasteiger partial charge in [0.1, 0.15) is 6.07 Å². The molecule has 0 aliphatic carbocycles. The monoisotopic (exact) mass is 272 g/mol. The number of carboxylic acids is 1. The maximum atomic E-state index is 10.5. The van der Waals surface area contributed by atoms with Crippen LogP contribution in [0.25, 0.3) is 6.08 Å². The van der Waals surface area contributed by atoms with E-state index in [9.17, 15) is 10.1 Å². The number of aliphatic carboxylic acids is 1. The van der Waals surface area contributed by atoms with Crippen molar-refractivity contribution in [2.45, 2.75) is 20.3 Å². The van der Waals surface area contributed by atoms with Gasteiger partial charge in [0.25, 0.3) is 0 Å². The number of carbonyl (C=O) groups is 1. The van der Waals surface area contributed by atoms with E-state index < -0.39 is 5.97 Å². The quantitative estimate of drug-likeness (QED) is 0.808. The number of benzene rings is 1. The highest BCUT2D eigenvalue weighted by Crippen LogP contribution is 2.22. The minimum Gasteiger partial charge on any atom is -0.478 e. The van der Waals surface area contributed by atoms with E-state index in [0.29, 0.717) is 17.0 Å². The number of nitrogens with zero attached hydrogens (tertiary/aromatic N) is 2. The predicted octanol–water partition coefficient (Wildman–Crippen LogP) is 3.14. The van der Waals surface area contributed by atoms with Gasteiger partial charge in [-0.25, -0.2) is 4.79 Å². The number of rotatable bonds is 6. The molecule has 4 heteroatoms. The van der Waals surface area contributed by atoms with Crippen LogP contribution in [0.1, 0.15) is 31.4 Å². The molecular weight excluding hydrogens is 252 g/mol. The van der Waals surface area contributed by atoms with Crippen molar-refractivity contribution in [2.75, 3.05) is 18.5 Å². The number of hydrogen-bond acceptors (Lipinski definition) is 3. The standard InChI is InChI=1S/C16H20N2O2/c1-4-12(2)11-18(3)15-7-5-13(6-8-16(19)20)9-14(15)10-17/h5-9,12H,4,11H2,1-3H3,(H,19,20)/b8-6+. The lowest BCUT2D eigenvalue weighted by Gasteiger charge is -2.24. The zero-order valence-corrected chi connectivity index (χ0v) is 12.1. The van der Waals surface area contributed by atoms with Gasteiger partial charge in [0.15, 0.2) is 0 Å². The molecule has 0 heterocycles. The minimum absolute atomic E-state index is 0.554. The van der Waals surface area contributed by atoms with Gasteiger partial charge >= 0.3 is 5.97 Å². The van der Waals surface area contributed by atoms with E-state index in [2.05, 4.69) is 24.8 Å². The fourth-order valence-corrected chi connectivity index (χ4v) is 1.94. The number of carboxylic acid groups (broad SMARTS) is 1. The molecule has 1 aromatic rings. The molecule has 0 fully saturated rings. The molecule has 0 aromatic heterocycles. The Bertz CT molecular complexity index is 544. The van der Waals surface area contributed by atoms with Gasteiger partial charge in [-0.1, -0.05) is 26.3 Å². The Morgan fingerprint density at radius 3 is 2.80 bits per heavy atom. The normalized spacial score (nSPS) is 12.1. The van der Waals surface area contributed by atoms with Crippen molar-refractivity contribution in [3.63, 3.8) is 0 Å². The Morgan fingerprint density at radius 2 is 2.25 bits per heavy atom. The van der Waals surface area contributed by atoms with Gasteiger partial charge in [-0.2, -0.15) is 5.26 Å². The largest absolute Gasteiger partial charge is 0.478 e. The summed E-state index contributed by atoms with van der Waals surface area (Å²) in [7, 11) is 1.97. The third-order valence-corrected chi connectivity index (χ3v) is 3.25. The van der Waals surface area contributed by atoms with Crippen molar-refractivity contribution < 1.29 is 9.90 Å². The summed E-state index contributed by atoms with van der Waals surface area (Å²) < 4.78 is 0. The molecule has 1 unspecified atom stereocenters. The topological polar surface area (TPSA) is 64.3 Å². The van der Waals surface area contributed by atoms with Gasteiger partial charge in [0.05, 0.1) is 11.3 Å². The first-order valence-electron chi connectivity index (χ1n) is 6.64. The van der Waals surface area contributed by atoms with Crippen LogP contribution in [0.4, 0.5) is 5.69 Å². The van der Waals surface area contributed by atoms with Crippen LogP contribution in [0, 0.1) is 17.2 Å². The first kappa shape index (κ1) is 15.8. The zero-order valence-electron chi connectivity index (χ0n) is 12.1. The molecule has 106 valence electrons. The van der Waals surface area contributed by atoms with E-state index in [1.807, 2.05) is 19.2 Å². The fraction of sp³-hybridized carbons (Fsp3) is 0.375. The van der Waals surface area contributed by atoms with Gasteiger partial charge in [-0.15, -0.1) is 0 Å². The summed E-state index contributed by atoms with van der Waals surface area (Å²) in [4.78, 5) is 12.6. The highest BCUT2D eigenvalue weighted by molar-refractivity contribution is 5.85. The van der Waals surface area contributed by atoms with Crippen LogP contribution >= 0.6 is 0 Å². The van der Waals surface area contributed by atoms with E-state index in [1.54, 1.807) is 6.07 Å². The summed E-state index contributed by atoms with van der Waals surface area (Å²) in [6.45, 7) is 5.20. The number of hydrogen-bond donors (Lipinski definition) is 1. The Labute approximate surface area is 119 Å². The number of anilines is 1. The summed E-state index contributed by atoms with van der Waals surface area (Å²) in [5, 5.41) is 17.9. The SMILES string of the molecule is CCC(C)CN(C)c1ccc(/C=C/C(=O)O)cc1C#N. The van der Waals surface area contributed by atoms with Crippen molar-refractivity contribution in [3.8, 4) is 6.07 Å². The predicted molar refractivity (Wildman–Crippen MR) is 80.6 cm³/mol. The maximum Gasteiger partial charge on any atom is 0.328 e.